The van der Waals surface area contributed by atoms with Crippen LogP contribution in [0.5, 0.6) is 0 Å². The van der Waals surface area contributed by atoms with Gasteiger partial charge in [-0.3, -0.25) is 14.4 Å². The van der Waals surface area contributed by atoms with Gasteiger partial charge in [-0.05, 0) is 18.4 Å². The van der Waals surface area contributed by atoms with E-state index in [4.69, 9.17) is 4.84 Å². The number of hydrogen-bond acceptors (Lipinski definition) is 4. The molecule has 2 bridgehead atoms. The predicted molar refractivity (Wildman–Crippen MR) is 85.9 cm³/mol. The topological polar surface area (TPSA) is 79.0 Å². The Balaban J connectivity index is 1.52. The molecule has 1 aromatic carbocycles. The number of rotatable bonds is 6. The van der Waals surface area contributed by atoms with E-state index in [1.807, 2.05) is 30.3 Å². The zero-order chi connectivity index (χ0) is 17.1. The Kier molecular flexibility index (Phi) is 4.80. The van der Waals surface area contributed by atoms with Crippen molar-refractivity contribution in [1.82, 2.24) is 15.3 Å². The Labute approximate surface area is 140 Å². The molecule has 128 valence electrons. The largest absolute Gasteiger partial charge is 0.347 e. The summed E-state index contributed by atoms with van der Waals surface area (Å²) in [7, 11) is 1.46. The van der Waals surface area contributed by atoms with Gasteiger partial charge in [0, 0.05) is 13.0 Å². The number of hydrogen-bond donors (Lipinski definition) is 1. The van der Waals surface area contributed by atoms with Gasteiger partial charge >= 0.3 is 6.03 Å². The van der Waals surface area contributed by atoms with Crippen molar-refractivity contribution in [2.24, 2.45) is 0 Å². The maximum atomic E-state index is 12.4. The van der Waals surface area contributed by atoms with Crippen LogP contribution in [-0.2, 0) is 20.8 Å². The van der Waals surface area contributed by atoms with E-state index >= 15 is 0 Å². The highest BCUT2D eigenvalue weighted by Gasteiger charge is 2.47. The number of benzene rings is 1. The van der Waals surface area contributed by atoms with Gasteiger partial charge in [0.05, 0.1) is 19.7 Å². The van der Waals surface area contributed by atoms with Gasteiger partial charge in [-0.2, -0.15) is 5.06 Å². The van der Waals surface area contributed by atoms with E-state index < -0.39 is 6.04 Å². The Morgan fingerprint density at radius 3 is 2.71 bits per heavy atom. The Hall–Kier alpha value is -2.41. The zero-order valence-corrected chi connectivity index (χ0v) is 13.6. The summed E-state index contributed by atoms with van der Waals surface area (Å²) in [6, 6.07) is 8.59. The lowest BCUT2D eigenvalue weighted by atomic mass is 10.00. The second-order valence-electron chi connectivity index (χ2n) is 6.11. The van der Waals surface area contributed by atoms with Crippen molar-refractivity contribution in [1.29, 1.82) is 0 Å². The molecule has 2 heterocycles. The predicted octanol–water partition coefficient (Wildman–Crippen LogP) is 0.744. The fourth-order valence-electron chi connectivity index (χ4n) is 3.33. The molecule has 2 saturated heterocycles. The number of ketones is 1. The molecular weight excluding hydrogens is 310 g/mol. The summed E-state index contributed by atoms with van der Waals surface area (Å²) >= 11 is 0. The highest BCUT2D eigenvalue weighted by molar-refractivity contribution is 5.92. The van der Waals surface area contributed by atoms with Gasteiger partial charge < -0.3 is 10.2 Å². The molecule has 2 aliphatic rings. The van der Waals surface area contributed by atoms with Crippen LogP contribution >= 0.6 is 0 Å². The highest BCUT2D eigenvalue weighted by Crippen LogP contribution is 2.29. The fourth-order valence-corrected chi connectivity index (χ4v) is 3.33. The summed E-state index contributed by atoms with van der Waals surface area (Å²) in [6.45, 7) is 0.465. The molecule has 7 heteroatoms. The van der Waals surface area contributed by atoms with Crippen LogP contribution in [0.2, 0.25) is 0 Å². The molecule has 3 rings (SSSR count). The molecule has 2 atom stereocenters. The van der Waals surface area contributed by atoms with Crippen LogP contribution < -0.4 is 5.32 Å². The van der Waals surface area contributed by atoms with Gasteiger partial charge in [-0.25, -0.2) is 4.79 Å². The summed E-state index contributed by atoms with van der Waals surface area (Å²) in [5, 5.41) is 3.99. The minimum absolute atomic E-state index is 0.00580. The Morgan fingerprint density at radius 2 is 2.00 bits per heavy atom. The Bertz CT molecular complexity index is 634. The second-order valence-corrected chi connectivity index (χ2v) is 6.11. The van der Waals surface area contributed by atoms with Crippen molar-refractivity contribution in [3.05, 3.63) is 35.9 Å². The first-order valence-corrected chi connectivity index (χ1v) is 8.07. The van der Waals surface area contributed by atoms with E-state index in [9.17, 15) is 14.4 Å². The molecule has 1 aromatic rings. The average Bonchev–Trinajstić information content (AvgIpc) is 2.84. The lowest BCUT2D eigenvalue weighted by Crippen LogP contribution is -2.50. The van der Waals surface area contributed by atoms with Gasteiger partial charge in [0.25, 0.3) is 0 Å². The van der Waals surface area contributed by atoms with Crippen molar-refractivity contribution in [2.45, 2.75) is 31.3 Å². The molecule has 24 heavy (non-hydrogen) atoms. The minimum Gasteiger partial charge on any atom is -0.347 e. The number of fused-ring (bicyclic) bond motifs is 2. The van der Waals surface area contributed by atoms with E-state index in [0.29, 0.717) is 19.4 Å². The molecule has 0 spiro atoms. The van der Waals surface area contributed by atoms with Crippen LogP contribution in [0.25, 0.3) is 0 Å². The van der Waals surface area contributed by atoms with Crippen molar-refractivity contribution in [2.75, 3.05) is 20.2 Å². The van der Waals surface area contributed by atoms with Crippen molar-refractivity contribution in [3.8, 4) is 0 Å². The van der Waals surface area contributed by atoms with Crippen LogP contribution in [0.1, 0.15) is 18.4 Å². The third kappa shape index (κ3) is 3.26. The van der Waals surface area contributed by atoms with Gasteiger partial charge in [0.15, 0.2) is 5.78 Å². The number of piperidine rings is 1. The molecule has 2 fully saturated rings. The van der Waals surface area contributed by atoms with Crippen LogP contribution in [0.3, 0.4) is 0 Å². The number of nitrogens with zero attached hydrogens (tertiary/aromatic N) is 2. The van der Waals surface area contributed by atoms with Gasteiger partial charge in [0.2, 0.25) is 5.91 Å². The third-order valence-corrected chi connectivity index (χ3v) is 4.53. The molecule has 1 N–H and O–H groups in total. The first kappa shape index (κ1) is 16.4. The fraction of sp³-hybridized carbons (Fsp3) is 0.471. The lowest BCUT2D eigenvalue weighted by molar-refractivity contribution is -0.128. The van der Waals surface area contributed by atoms with E-state index in [-0.39, 0.29) is 36.7 Å². The molecule has 7 nitrogen and oxygen atoms in total. The first-order chi connectivity index (χ1) is 11.6. The molecule has 0 radical (unpaired) electrons. The van der Waals surface area contributed by atoms with Crippen LogP contribution in [0.4, 0.5) is 4.79 Å². The number of hydroxylamine groups is 2. The summed E-state index contributed by atoms with van der Waals surface area (Å²) in [5.74, 6) is -0.337. The quantitative estimate of drug-likeness (QED) is 0.834. The van der Waals surface area contributed by atoms with Crippen molar-refractivity contribution < 1.29 is 19.2 Å². The number of carbonyl (C=O) groups is 3. The van der Waals surface area contributed by atoms with E-state index in [2.05, 4.69) is 5.32 Å². The molecule has 0 saturated carbocycles. The van der Waals surface area contributed by atoms with Crippen LogP contribution in [0.15, 0.2) is 30.3 Å². The molecule has 3 amide bonds. The van der Waals surface area contributed by atoms with Gasteiger partial charge in [-0.15, -0.1) is 0 Å². The molecule has 0 unspecified atom stereocenters. The van der Waals surface area contributed by atoms with Gasteiger partial charge in [0.1, 0.15) is 6.04 Å². The molecular formula is C17H21N3O4. The number of nitrogens with one attached hydrogen (secondary N) is 1. The van der Waals surface area contributed by atoms with Crippen molar-refractivity contribution >= 4 is 17.7 Å². The Morgan fingerprint density at radius 1 is 1.25 bits per heavy atom. The number of carbonyl (C=O) groups excluding carboxylic acids is 3. The van der Waals surface area contributed by atoms with E-state index in [1.54, 1.807) is 0 Å². The van der Waals surface area contributed by atoms with Gasteiger partial charge in [-0.1, -0.05) is 30.3 Å². The first-order valence-electron chi connectivity index (χ1n) is 8.07. The second kappa shape index (κ2) is 7.00. The lowest BCUT2D eigenvalue weighted by Gasteiger charge is -2.29. The minimum atomic E-state index is -0.529. The average molecular weight is 331 g/mol. The number of amides is 3. The smallest absolute Gasteiger partial charge is 0.345 e. The zero-order valence-electron chi connectivity index (χ0n) is 13.6. The van der Waals surface area contributed by atoms with E-state index in [1.165, 1.54) is 17.1 Å². The summed E-state index contributed by atoms with van der Waals surface area (Å²) in [4.78, 5) is 43.2. The molecule has 2 aliphatic heterocycles. The maximum Gasteiger partial charge on any atom is 0.345 e. The summed E-state index contributed by atoms with van der Waals surface area (Å²) in [6.07, 6.45) is 1.58. The SMILES string of the molecule is CON1C(=O)N2C[C@H]1CC[C@H]2C(=O)NCC(=O)Cc1ccccc1. The van der Waals surface area contributed by atoms with Crippen LogP contribution in [-0.4, -0.2) is 60.0 Å². The monoisotopic (exact) mass is 331 g/mol. The maximum absolute atomic E-state index is 12.4. The molecule has 0 aromatic heterocycles. The number of urea groups is 1. The highest BCUT2D eigenvalue weighted by atomic mass is 16.7. The summed E-state index contributed by atoms with van der Waals surface area (Å²) < 4.78 is 0. The van der Waals surface area contributed by atoms with Crippen molar-refractivity contribution in [3.63, 3.8) is 0 Å². The number of Topliss-reactive ketones (excluding diaryl/α,β-unsaturated/α-hetero) is 1. The molecule has 0 aliphatic carbocycles. The third-order valence-electron chi connectivity index (χ3n) is 4.53. The van der Waals surface area contributed by atoms with E-state index in [0.717, 1.165) is 5.56 Å². The summed E-state index contributed by atoms with van der Waals surface area (Å²) in [5.41, 5.74) is 0.919. The van der Waals surface area contributed by atoms with Crippen LogP contribution in [0, 0.1) is 0 Å². The normalized spacial score (nSPS) is 22.6. The standard InChI is InChI=1S/C17H21N3O4/c1-24-20-13-7-8-15(19(11-13)17(20)23)16(22)18-10-14(21)9-12-5-3-2-4-6-12/h2-6,13,15H,7-11H2,1H3,(H,18,22)/t13-,15+/m1/s1.